The average molecular weight is 289 g/mol. The van der Waals surface area contributed by atoms with Crippen molar-refractivity contribution >= 4 is 5.91 Å². The molecule has 1 amide bonds. The molecule has 2 atom stereocenters. The Morgan fingerprint density at radius 1 is 1.29 bits per heavy atom. The van der Waals surface area contributed by atoms with Crippen molar-refractivity contribution in [3.05, 3.63) is 30.1 Å². The first-order valence-electron chi connectivity index (χ1n) is 7.65. The van der Waals surface area contributed by atoms with E-state index in [1.165, 1.54) is 0 Å². The zero-order chi connectivity index (χ0) is 14.7. The Bertz CT molecular complexity index is 466. The van der Waals surface area contributed by atoms with Crippen LogP contribution in [0.2, 0.25) is 0 Å². The van der Waals surface area contributed by atoms with Gasteiger partial charge in [-0.2, -0.15) is 0 Å². The summed E-state index contributed by atoms with van der Waals surface area (Å²) in [5.41, 5.74) is 1.13. The molecule has 0 bridgehead atoms. The van der Waals surface area contributed by atoms with E-state index in [1.807, 2.05) is 23.2 Å². The lowest BCUT2D eigenvalue weighted by molar-refractivity contribution is -0.131. The third-order valence-electron chi connectivity index (χ3n) is 4.55. The molecule has 0 radical (unpaired) electrons. The second-order valence-electron chi connectivity index (χ2n) is 6.08. The fraction of sp³-hybridized carbons (Fsp3) is 0.625. The predicted octanol–water partition coefficient (Wildman–Crippen LogP) is 1.01. The highest BCUT2D eigenvalue weighted by Gasteiger charge is 2.41. The van der Waals surface area contributed by atoms with Gasteiger partial charge < -0.3 is 9.64 Å². The summed E-state index contributed by atoms with van der Waals surface area (Å²) in [7, 11) is 1.64. The maximum atomic E-state index is 12.0. The van der Waals surface area contributed by atoms with Crippen LogP contribution in [0.25, 0.3) is 0 Å². The Morgan fingerprint density at radius 2 is 2.05 bits per heavy atom. The van der Waals surface area contributed by atoms with Crippen molar-refractivity contribution in [2.24, 2.45) is 11.8 Å². The number of carbonyl (C=O) groups is 1. The first-order valence-corrected chi connectivity index (χ1v) is 7.65. The fourth-order valence-corrected chi connectivity index (χ4v) is 3.49. The summed E-state index contributed by atoms with van der Waals surface area (Å²) in [6.07, 6.45) is 2.36. The number of fused-ring (bicyclic) bond motifs is 1. The van der Waals surface area contributed by atoms with E-state index in [0.29, 0.717) is 24.9 Å². The number of hydrogen-bond donors (Lipinski definition) is 0. The lowest BCUT2D eigenvalue weighted by Crippen LogP contribution is -2.33. The lowest BCUT2D eigenvalue weighted by Gasteiger charge is -2.21. The molecule has 2 saturated heterocycles. The lowest BCUT2D eigenvalue weighted by atomic mass is 10.0. The number of ether oxygens (including phenoxy) is 1. The van der Waals surface area contributed by atoms with E-state index in [2.05, 4.69) is 16.0 Å². The van der Waals surface area contributed by atoms with Crippen molar-refractivity contribution in [1.82, 2.24) is 14.8 Å². The smallest absolute Gasteiger partial charge is 0.224 e. The molecule has 0 saturated carbocycles. The molecule has 3 heterocycles. The van der Waals surface area contributed by atoms with Gasteiger partial charge in [0, 0.05) is 46.0 Å². The van der Waals surface area contributed by atoms with Crippen LogP contribution in [0.5, 0.6) is 0 Å². The maximum absolute atomic E-state index is 12.0. The highest BCUT2D eigenvalue weighted by molar-refractivity contribution is 5.76. The molecule has 0 aromatic carbocycles. The molecule has 0 spiro atoms. The van der Waals surface area contributed by atoms with Crippen LogP contribution >= 0.6 is 0 Å². The zero-order valence-electron chi connectivity index (χ0n) is 12.6. The summed E-state index contributed by atoms with van der Waals surface area (Å²) in [5, 5.41) is 0. The summed E-state index contributed by atoms with van der Waals surface area (Å²) in [6, 6.07) is 6.07. The van der Waals surface area contributed by atoms with E-state index in [9.17, 15) is 4.79 Å². The Kier molecular flexibility index (Phi) is 4.51. The number of rotatable bonds is 5. The number of pyridine rings is 1. The molecule has 3 rings (SSSR count). The van der Waals surface area contributed by atoms with Crippen LogP contribution in [-0.2, 0) is 16.1 Å². The van der Waals surface area contributed by atoms with Gasteiger partial charge in [0.05, 0.1) is 18.7 Å². The van der Waals surface area contributed by atoms with Gasteiger partial charge >= 0.3 is 0 Å². The van der Waals surface area contributed by atoms with Crippen LogP contribution in [0, 0.1) is 11.8 Å². The fourth-order valence-electron chi connectivity index (χ4n) is 3.49. The molecule has 2 aliphatic rings. The van der Waals surface area contributed by atoms with E-state index in [0.717, 1.165) is 38.4 Å². The van der Waals surface area contributed by atoms with E-state index >= 15 is 0 Å². The Hall–Kier alpha value is -1.46. The molecule has 0 unspecified atom stereocenters. The van der Waals surface area contributed by atoms with Gasteiger partial charge in [-0.3, -0.25) is 14.7 Å². The van der Waals surface area contributed by atoms with Gasteiger partial charge in [-0.15, -0.1) is 0 Å². The van der Waals surface area contributed by atoms with E-state index < -0.39 is 0 Å². The maximum Gasteiger partial charge on any atom is 0.224 e. The van der Waals surface area contributed by atoms with Gasteiger partial charge in [0.1, 0.15) is 0 Å². The van der Waals surface area contributed by atoms with Crippen molar-refractivity contribution in [1.29, 1.82) is 0 Å². The number of aromatic nitrogens is 1. The molecule has 5 nitrogen and oxygen atoms in total. The number of carbonyl (C=O) groups excluding carboxylic acids is 1. The number of methoxy groups -OCH3 is 1. The molecule has 2 aliphatic heterocycles. The zero-order valence-corrected chi connectivity index (χ0v) is 12.6. The van der Waals surface area contributed by atoms with Crippen molar-refractivity contribution < 1.29 is 9.53 Å². The number of likely N-dealkylation sites (tertiary alicyclic amines) is 2. The van der Waals surface area contributed by atoms with E-state index in [4.69, 9.17) is 4.74 Å². The molecule has 1 aromatic rings. The monoisotopic (exact) mass is 289 g/mol. The molecular weight excluding hydrogens is 266 g/mol. The molecule has 0 aliphatic carbocycles. The van der Waals surface area contributed by atoms with Gasteiger partial charge in [-0.25, -0.2) is 0 Å². The van der Waals surface area contributed by atoms with Gasteiger partial charge in [0.25, 0.3) is 0 Å². The van der Waals surface area contributed by atoms with Crippen LogP contribution in [-0.4, -0.2) is 60.6 Å². The van der Waals surface area contributed by atoms with Crippen molar-refractivity contribution in [2.75, 3.05) is 39.9 Å². The van der Waals surface area contributed by atoms with Crippen LogP contribution in [0.4, 0.5) is 0 Å². The minimum atomic E-state index is 0.238. The number of hydrogen-bond acceptors (Lipinski definition) is 4. The third kappa shape index (κ3) is 3.41. The van der Waals surface area contributed by atoms with Gasteiger partial charge in [0.15, 0.2) is 0 Å². The first kappa shape index (κ1) is 14.5. The Balaban J connectivity index is 1.49. The summed E-state index contributed by atoms with van der Waals surface area (Å²) >= 11 is 0. The minimum Gasteiger partial charge on any atom is -0.384 e. The molecule has 114 valence electrons. The number of nitrogens with zero attached hydrogens (tertiary/aromatic N) is 3. The highest BCUT2D eigenvalue weighted by atomic mass is 16.5. The van der Waals surface area contributed by atoms with Gasteiger partial charge in [-0.05, 0) is 24.0 Å². The molecule has 1 aromatic heterocycles. The molecule has 21 heavy (non-hydrogen) atoms. The van der Waals surface area contributed by atoms with Crippen LogP contribution in [0.15, 0.2) is 24.4 Å². The van der Waals surface area contributed by atoms with Crippen molar-refractivity contribution in [3.8, 4) is 0 Å². The third-order valence-corrected chi connectivity index (χ3v) is 4.55. The van der Waals surface area contributed by atoms with Crippen molar-refractivity contribution in [3.63, 3.8) is 0 Å². The standard InChI is InChI=1S/C16H23N3O2/c1-21-7-5-16(20)19-10-13-8-18(9-14(13)11-19)12-15-4-2-3-6-17-15/h2-4,6,13-14H,5,7-12H2,1H3/t13-,14-/m1/s1. The second kappa shape index (κ2) is 6.54. The summed E-state index contributed by atoms with van der Waals surface area (Å²) < 4.78 is 4.99. The quantitative estimate of drug-likeness (QED) is 0.811. The number of amides is 1. The summed E-state index contributed by atoms with van der Waals surface area (Å²) in [6.45, 7) is 5.42. The highest BCUT2D eigenvalue weighted by Crippen LogP contribution is 2.31. The molecule has 2 fully saturated rings. The molecular formula is C16H23N3O2. The normalized spacial score (nSPS) is 25.3. The average Bonchev–Trinajstić information content (AvgIpc) is 3.04. The van der Waals surface area contributed by atoms with Gasteiger partial charge in [-0.1, -0.05) is 6.07 Å². The van der Waals surface area contributed by atoms with E-state index in [1.54, 1.807) is 7.11 Å². The second-order valence-corrected chi connectivity index (χ2v) is 6.08. The Labute approximate surface area is 125 Å². The van der Waals surface area contributed by atoms with Crippen LogP contribution in [0.3, 0.4) is 0 Å². The van der Waals surface area contributed by atoms with E-state index in [-0.39, 0.29) is 5.91 Å². The van der Waals surface area contributed by atoms with Crippen LogP contribution in [0.1, 0.15) is 12.1 Å². The largest absolute Gasteiger partial charge is 0.384 e. The molecule has 5 heteroatoms. The van der Waals surface area contributed by atoms with Crippen molar-refractivity contribution in [2.45, 2.75) is 13.0 Å². The topological polar surface area (TPSA) is 45.7 Å². The SMILES string of the molecule is COCCC(=O)N1C[C@H]2CN(Cc3ccccn3)C[C@@H]2C1. The Morgan fingerprint density at radius 3 is 2.67 bits per heavy atom. The summed E-state index contributed by atoms with van der Waals surface area (Å²) in [4.78, 5) is 20.9. The summed E-state index contributed by atoms with van der Waals surface area (Å²) in [5.74, 6) is 1.49. The first-order chi connectivity index (χ1) is 10.3. The predicted molar refractivity (Wildman–Crippen MR) is 79.6 cm³/mol. The van der Waals surface area contributed by atoms with Crippen LogP contribution < -0.4 is 0 Å². The minimum absolute atomic E-state index is 0.238. The molecule has 0 N–H and O–H groups in total. The van der Waals surface area contributed by atoms with Gasteiger partial charge in [0.2, 0.25) is 5.91 Å².